The van der Waals surface area contributed by atoms with Crippen LogP contribution in [0, 0.1) is 22.7 Å². The number of H-pyrrole nitrogens is 1. The second-order valence-electron chi connectivity index (χ2n) is 23.4. The number of nitrogens with one attached hydrogen (secondary N) is 12. The zero-order valence-electron chi connectivity index (χ0n) is 52.1. The Morgan fingerprint density at radius 3 is 1.54 bits per heavy atom. The van der Waals surface area contributed by atoms with Gasteiger partial charge in [-0.15, -0.1) is 0 Å². The lowest BCUT2D eigenvalue weighted by atomic mass is 9.96. The standard InChI is InChI=1S/C61H99N19O9/c1-5-37(4)50(59(89)80-31-17-26-49(80)51(65)81)79-56(86)44(23-12-14-28-63)74-53(83)43(22-11-13-27-62)73-54(84)45(24-15-29-70-60(66)67)75-55(85)46(25-16-30-71-61(68)69)76-57(87)47(32-36(2)3)78-58(88)48(34-39-35-72-42-21-10-9-20-40(39)42)77-52(82)41(64)33-38-18-7-6-8-19-38/h6-10,18-21,35-37,41,43-50,72H,5,11-17,22-34,62-64H2,1-4H3,(H2,65,81)(H,73,84)(H,74,83)(H,75,85)(H,76,87)(H,77,82)(H,78,88)(H,79,86)(H4,66,67,70)(H4,68,69,71)/t37-,41-,43-,44-,45-,46-,47-,48-,49-,50-/m0/s1. The summed E-state index contributed by atoms with van der Waals surface area (Å²) in [5, 5.41) is 41.2. The molecule has 0 spiro atoms. The van der Waals surface area contributed by atoms with Crippen LogP contribution in [0.1, 0.15) is 129 Å². The van der Waals surface area contributed by atoms with Crippen LogP contribution in [0.4, 0.5) is 0 Å². The molecule has 9 amide bonds. The van der Waals surface area contributed by atoms with Gasteiger partial charge in [-0.1, -0.05) is 82.6 Å². The zero-order chi connectivity index (χ0) is 65.6. The van der Waals surface area contributed by atoms with Gasteiger partial charge in [0.05, 0.1) is 6.04 Å². The fourth-order valence-electron chi connectivity index (χ4n) is 10.6. The molecule has 3 aromatic rings. The molecule has 89 heavy (non-hydrogen) atoms. The van der Waals surface area contributed by atoms with Gasteiger partial charge in [-0.05, 0) is 132 Å². The van der Waals surface area contributed by atoms with Gasteiger partial charge in [-0.3, -0.25) is 54.0 Å². The molecule has 28 nitrogen and oxygen atoms in total. The number of nitrogens with zero attached hydrogens (tertiary/aromatic N) is 1. The number of primary amides is 1. The van der Waals surface area contributed by atoms with Gasteiger partial charge in [0.1, 0.15) is 48.3 Å². The van der Waals surface area contributed by atoms with Crippen molar-refractivity contribution < 1.29 is 43.2 Å². The highest BCUT2D eigenvalue weighted by Crippen LogP contribution is 2.23. The molecule has 1 aliphatic heterocycles. The van der Waals surface area contributed by atoms with E-state index in [1.807, 2.05) is 75.4 Å². The number of rotatable bonds is 40. The number of amides is 9. The number of aromatic amines is 1. The van der Waals surface area contributed by atoms with E-state index in [4.69, 9.17) is 45.2 Å². The van der Waals surface area contributed by atoms with Gasteiger partial charge >= 0.3 is 0 Å². The summed E-state index contributed by atoms with van der Waals surface area (Å²) in [4.78, 5) is 132. The Morgan fingerprint density at radius 1 is 0.584 bits per heavy atom. The number of para-hydroxylation sites is 1. The van der Waals surface area contributed by atoms with E-state index in [2.05, 4.69) is 52.8 Å². The lowest BCUT2D eigenvalue weighted by molar-refractivity contribution is -0.142. The Balaban J connectivity index is 1.64. The molecule has 4 rings (SSSR count). The van der Waals surface area contributed by atoms with Gasteiger partial charge in [-0.2, -0.15) is 0 Å². The first kappa shape index (κ1) is 73.1. The highest BCUT2D eigenvalue weighted by molar-refractivity contribution is 5.99. The summed E-state index contributed by atoms with van der Waals surface area (Å²) in [6, 6.07) is 5.94. The van der Waals surface area contributed by atoms with E-state index in [-0.39, 0.29) is 108 Å². The Morgan fingerprint density at radius 2 is 1.04 bits per heavy atom. The number of benzene rings is 2. The molecule has 10 atom stereocenters. The van der Waals surface area contributed by atoms with Crippen LogP contribution < -0.4 is 82.3 Å². The number of hydrogen-bond donors (Lipinski definition) is 18. The quantitative estimate of drug-likeness (QED) is 0.0185. The minimum absolute atomic E-state index is 0.0104. The molecule has 2 aromatic carbocycles. The van der Waals surface area contributed by atoms with E-state index in [1.54, 1.807) is 13.1 Å². The van der Waals surface area contributed by atoms with Crippen LogP contribution in [0.2, 0.25) is 0 Å². The maximum Gasteiger partial charge on any atom is 0.246 e. The van der Waals surface area contributed by atoms with Crippen LogP contribution in [0.15, 0.2) is 60.8 Å². The predicted octanol–water partition coefficient (Wildman–Crippen LogP) is -0.973. The number of hydrogen-bond acceptors (Lipinski definition) is 14. The molecule has 1 saturated heterocycles. The molecule has 1 aliphatic rings. The van der Waals surface area contributed by atoms with Gasteiger partial charge < -0.3 is 92.1 Å². The summed E-state index contributed by atoms with van der Waals surface area (Å²) in [7, 11) is 0. The van der Waals surface area contributed by atoms with E-state index < -0.39 is 108 Å². The molecule has 0 aliphatic carbocycles. The maximum absolute atomic E-state index is 14.7. The van der Waals surface area contributed by atoms with Crippen molar-refractivity contribution in [3.8, 4) is 0 Å². The van der Waals surface area contributed by atoms with E-state index in [0.29, 0.717) is 57.1 Å². The van der Waals surface area contributed by atoms with Crippen LogP contribution in [0.5, 0.6) is 0 Å². The van der Waals surface area contributed by atoms with Crippen molar-refractivity contribution in [3.63, 3.8) is 0 Å². The largest absolute Gasteiger partial charge is 0.370 e. The van der Waals surface area contributed by atoms with Gasteiger partial charge in [0.15, 0.2) is 11.9 Å². The molecule has 24 N–H and O–H groups in total. The highest BCUT2D eigenvalue weighted by atomic mass is 16.2. The van der Waals surface area contributed by atoms with Crippen molar-refractivity contribution in [1.29, 1.82) is 10.8 Å². The summed E-state index contributed by atoms with van der Waals surface area (Å²) in [5.74, 6) is -7.48. The minimum atomic E-state index is -1.38. The van der Waals surface area contributed by atoms with Crippen molar-refractivity contribution in [1.82, 2.24) is 57.7 Å². The van der Waals surface area contributed by atoms with Gasteiger partial charge in [0.2, 0.25) is 53.2 Å². The van der Waals surface area contributed by atoms with Gasteiger partial charge in [-0.25, -0.2) is 0 Å². The van der Waals surface area contributed by atoms with Crippen molar-refractivity contribution in [3.05, 3.63) is 71.9 Å². The van der Waals surface area contributed by atoms with Gasteiger partial charge in [0.25, 0.3) is 0 Å². The third-order valence-electron chi connectivity index (χ3n) is 15.7. The Hall–Kier alpha value is -8.37. The van der Waals surface area contributed by atoms with E-state index in [9.17, 15) is 43.2 Å². The number of likely N-dealkylation sites (tertiary alicyclic amines) is 1. The topological polar surface area (TPSA) is 485 Å². The number of carbonyl (C=O) groups excluding carboxylic acids is 9. The fourth-order valence-corrected chi connectivity index (χ4v) is 10.6. The van der Waals surface area contributed by atoms with Crippen LogP contribution >= 0.6 is 0 Å². The molecule has 0 radical (unpaired) electrons. The average Bonchev–Trinajstić information content (AvgIpc) is 2.32. The number of aromatic nitrogens is 1. The third kappa shape index (κ3) is 24.6. The molecule has 28 heteroatoms. The fraction of sp³-hybridized carbons (Fsp3) is 0.590. The first-order valence-corrected chi connectivity index (χ1v) is 31.1. The smallest absolute Gasteiger partial charge is 0.246 e. The van der Waals surface area contributed by atoms with Crippen LogP contribution in [-0.4, -0.2) is 162 Å². The molecular formula is C61H99N19O9. The molecule has 1 fully saturated rings. The van der Waals surface area contributed by atoms with Crippen molar-refractivity contribution >= 4 is 76.0 Å². The lowest BCUT2D eigenvalue weighted by Crippen LogP contribution is -2.61. The van der Waals surface area contributed by atoms with Crippen molar-refractivity contribution in [2.24, 2.45) is 46.2 Å². The average molecular weight is 1240 g/mol. The van der Waals surface area contributed by atoms with E-state index in [1.165, 1.54) is 4.90 Å². The van der Waals surface area contributed by atoms with E-state index in [0.717, 1.165) is 16.5 Å². The summed E-state index contributed by atoms with van der Waals surface area (Å²) in [6.07, 6.45) is 5.51. The minimum Gasteiger partial charge on any atom is -0.370 e. The van der Waals surface area contributed by atoms with E-state index >= 15 is 0 Å². The number of carbonyl (C=O) groups is 9. The molecule has 0 bridgehead atoms. The molecule has 0 saturated carbocycles. The van der Waals surface area contributed by atoms with Crippen molar-refractivity contribution in [2.45, 2.75) is 185 Å². The van der Waals surface area contributed by atoms with Crippen LogP contribution in [0.3, 0.4) is 0 Å². The second kappa shape index (κ2) is 38.1. The molecule has 0 unspecified atom stereocenters. The number of guanidine groups is 2. The molecular weight excluding hydrogens is 1140 g/mol. The monoisotopic (exact) mass is 1240 g/mol. The highest BCUT2D eigenvalue weighted by Gasteiger charge is 2.40. The number of fused-ring (bicyclic) bond motifs is 1. The van der Waals surface area contributed by atoms with Crippen LogP contribution in [-0.2, 0) is 56.0 Å². The maximum atomic E-state index is 14.7. The summed E-state index contributed by atoms with van der Waals surface area (Å²) in [6.45, 7) is 8.37. The summed E-state index contributed by atoms with van der Waals surface area (Å²) >= 11 is 0. The SMILES string of the molecule is CC[C@H](C)[C@H](NC(=O)[C@H](CCCCN)NC(=O)[C@H](CCCCN)NC(=O)[C@H](CCCNC(=N)N)NC(=O)[C@H](CCCNC(=N)N)NC(=O)[C@H](CC(C)C)NC(=O)[C@H](Cc1c[nH]c2ccccc12)NC(=O)[C@@H](N)Cc1ccccc1)C(=O)N1CCC[C@H]1C(N)=O. The zero-order valence-corrected chi connectivity index (χ0v) is 52.1. The summed E-state index contributed by atoms with van der Waals surface area (Å²) < 4.78 is 0. The number of nitrogens with two attached hydrogens (primary N) is 6. The Bertz CT molecular complexity index is 2820. The first-order chi connectivity index (χ1) is 42.5. The van der Waals surface area contributed by atoms with Crippen LogP contribution in [0.25, 0.3) is 10.9 Å². The second-order valence-corrected chi connectivity index (χ2v) is 23.4. The Kier molecular flexibility index (Phi) is 31.3. The number of unbranched alkanes of at least 4 members (excludes halogenated alkanes) is 2. The lowest BCUT2D eigenvalue weighted by Gasteiger charge is -2.32. The normalized spacial score (nSPS) is 16.0. The summed E-state index contributed by atoms with van der Waals surface area (Å²) in [5.41, 5.74) is 37.2. The Labute approximate surface area is 521 Å². The third-order valence-corrected chi connectivity index (χ3v) is 15.7. The van der Waals surface area contributed by atoms with Gasteiger partial charge in [0, 0.05) is 43.2 Å². The first-order valence-electron chi connectivity index (χ1n) is 31.1. The molecule has 1 aromatic heterocycles. The van der Waals surface area contributed by atoms with Crippen molar-refractivity contribution in [2.75, 3.05) is 32.7 Å². The predicted molar refractivity (Wildman–Crippen MR) is 341 cm³/mol. The molecule has 2 heterocycles. The molecule has 492 valence electrons.